The van der Waals surface area contributed by atoms with E-state index in [-0.39, 0.29) is 11.3 Å². The smallest absolute Gasteiger partial charge is 0.266 e. The van der Waals surface area contributed by atoms with Crippen molar-refractivity contribution in [2.45, 2.75) is 30.6 Å². The summed E-state index contributed by atoms with van der Waals surface area (Å²) >= 11 is 0. The minimum absolute atomic E-state index is 0.00394. The summed E-state index contributed by atoms with van der Waals surface area (Å²) in [6, 6.07) is 6.08. The van der Waals surface area contributed by atoms with Gasteiger partial charge in [-0.3, -0.25) is 4.18 Å². The molecule has 1 fully saturated rings. The van der Waals surface area contributed by atoms with Crippen molar-refractivity contribution in [2.75, 3.05) is 6.61 Å². The molecule has 2 rings (SSSR count). The number of aryl methyl sites for hydroxylation is 1. The lowest BCUT2D eigenvalue weighted by molar-refractivity contribution is -0.142. The van der Waals surface area contributed by atoms with Gasteiger partial charge in [0.15, 0.2) is 0 Å². The minimum Gasteiger partial charge on any atom is -0.266 e. The second-order valence-electron chi connectivity index (χ2n) is 4.55. The number of halogens is 2. The van der Waals surface area contributed by atoms with E-state index in [9.17, 15) is 17.2 Å². The summed E-state index contributed by atoms with van der Waals surface area (Å²) in [6.07, 6.45) is 0.113. The van der Waals surface area contributed by atoms with Gasteiger partial charge in [-0.15, -0.1) is 0 Å². The van der Waals surface area contributed by atoms with Crippen LogP contribution in [0.2, 0.25) is 0 Å². The Morgan fingerprint density at radius 1 is 1.33 bits per heavy atom. The Labute approximate surface area is 105 Å². The van der Waals surface area contributed by atoms with Gasteiger partial charge in [0, 0.05) is 12.3 Å². The van der Waals surface area contributed by atoms with Gasteiger partial charge >= 0.3 is 0 Å². The highest BCUT2D eigenvalue weighted by molar-refractivity contribution is 7.86. The zero-order valence-electron chi connectivity index (χ0n) is 9.90. The first-order chi connectivity index (χ1) is 8.31. The molecule has 3 nitrogen and oxygen atoms in total. The monoisotopic (exact) mass is 276 g/mol. The van der Waals surface area contributed by atoms with E-state index in [0.717, 1.165) is 5.56 Å². The van der Waals surface area contributed by atoms with Gasteiger partial charge in [0.05, 0.1) is 11.5 Å². The maximum atomic E-state index is 13.0. The summed E-state index contributed by atoms with van der Waals surface area (Å²) < 4.78 is 54.1. The molecule has 1 aromatic rings. The SMILES string of the molecule is Cc1ccc(S(=O)(=O)OC[C@H]2CCC2(F)F)cc1. The molecule has 100 valence electrons. The van der Waals surface area contributed by atoms with Crippen LogP contribution in [0, 0.1) is 12.8 Å². The van der Waals surface area contributed by atoms with E-state index in [1.807, 2.05) is 6.92 Å². The molecule has 1 aliphatic rings. The maximum Gasteiger partial charge on any atom is 0.296 e. The number of hydrogen-bond acceptors (Lipinski definition) is 3. The van der Waals surface area contributed by atoms with Gasteiger partial charge in [-0.2, -0.15) is 8.42 Å². The fourth-order valence-corrected chi connectivity index (χ4v) is 2.67. The second kappa shape index (κ2) is 4.59. The standard InChI is InChI=1S/C12H14F2O3S/c1-9-2-4-11(5-3-9)18(15,16)17-8-10-6-7-12(10,13)14/h2-5,10H,6-8H2,1H3/t10-/m1/s1. The molecule has 0 unspecified atom stereocenters. The molecule has 1 aliphatic carbocycles. The Kier molecular flexibility index (Phi) is 3.42. The molecule has 18 heavy (non-hydrogen) atoms. The van der Waals surface area contributed by atoms with Crippen LogP contribution in [-0.2, 0) is 14.3 Å². The predicted octanol–water partition coefficient (Wildman–Crippen LogP) is 2.75. The fraction of sp³-hybridized carbons (Fsp3) is 0.500. The van der Waals surface area contributed by atoms with Crippen molar-refractivity contribution in [1.29, 1.82) is 0 Å². The van der Waals surface area contributed by atoms with Gasteiger partial charge in [-0.05, 0) is 25.5 Å². The lowest BCUT2D eigenvalue weighted by Gasteiger charge is -2.35. The van der Waals surface area contributed by atoms with Crippen molar-refractivity contribution >= 4 is 10.1 Å². The topological polar surface area (TPSA) is 43.4 Å². The van der Waals surface area contributed by atoms with Crippen molar-refractivity contribution in [3.63, 3.8) is 0 Å². The Morgan fingerprint density at radius 2 is 1.94 bits per heavy atom. The number of rotatable bonds is 4. The normalized spacial score (nSPS) is 22.5. The zero-order valence-corrected chi connectivity index (χ0v) is 10.7. The molecule has 0 saturated heterocycles. The van der Waals surface area contributed by atoms with Crippen molar-refractivity contribution in [3.05, 3.63) is 29.8 Å². The molecule has 0 spiro atoms. The van der Waals surface area contributed by atoms with Gasteiger partial charge < -0.3 is 0 Å². The van der Waals surface area contributed by atoms with E-state index in [0.29, 0.717) is 6.42 Å². The third-order valence-corrected chi connectivity index (χ3v) is 4.45. The number of hydrogen-bond donors (Lipinski definition) is 0. The second-order valence-corrected chi connectivity index (χ2v) is 6.16. The van der Waals surface area contributed by atoms with Crippen LogP contribution in [-0.4, -0.2) is 20.9 Å². The summed E-state index contributed by atoms with van der Waals surface area (Å²) in [7, 11) is -3.93. The fourth-order valence-electron chi connectivity index (χ4n) is 1.72. The predicted molar refractivity (Wildman–Crippen MR) is 62.0 cm³/mol. The van der Waals surface area contributed by atoms with E-state index >= 15 is 0 Å². The summed E-state index contributed by atoms with van der Waals surface area (Å²) in [6.45, 7) is 1.37. The van der Waals surface area contributed by atoms with Crippen LogP contribution in [0.1, 0.15) is 18.4 Å². The summed E-state index contributed by atoms with van der Waals surface area (Å²) in [4.78, 5) is -0.00394. The molecule has 0 N–H and O–H groups in total. The zero-order chi connectivity index (χ0) is 13.4. The third-order valence-electron chi connectivity index (χ3n) is 3.16. The van der Waals surface area contributed by atoms with Gasteiger partial charge in [0.2, 0.25) is 0 Å². The molecule has 1 atom stereocenters. The first-order valence-corrected chi connectivity index (χ1v) is 7.06. The minimum atomic E-state index is -3.93. The van der Waals surface area contributed by atoms with Gasteiger partial charge in [0.1, 0.15) is 0 Å². The lowest BCUT2D eigenvalue weighted by Crippen LogP contribution is -2.41. The average molecular weight is 276 g/mol. The average Bonchev–Trinajstić information content (AvgIpc) is 2.28. The Balaban J connectivity index is 2.02. The maximum absolute atomic E-state index is 13.0. The Bertz CT molecular complexity index is 523. The van der Waals surface area contributed by atoms with Crippen molar-refractivity contribution in [1.82, 2.24) is 0 Å². The van der Waals surface area contributed by atoms with Gasteiger partial charge in [0.25, 0.3) is 16.0 Å². The van der Waals surface area contributed by atoms with Crippen LogP contribution in [0.15, 0.2) is 29.2 Å². The van der Waals surface area contributed by atoms with E-state index < -0.39 is 28.6 Å². The van der Waals surface area contributed by atoms with E-state index in [1.165, 1.54) is 12.1 Å². The molecule has 1 saturated carbocycles. The quantitative estimate of drug-likeness (QED) is 0.794. The van der Waals surface area contributed by atoms with Crippen molar-refractivity contribution < 1.29 is 21.4 Å². The largest absolute Gasteiger partial charge is 0.296 e. The van der Waals surface area contributed by atoms with Gasteiger partial charge in [-0.25, -0.2) is 8.78 Å². The first kappa shape index (κ1) is 13.4. The molecular weight excluding hydrogens is 262 g/mol. The van der Waals surface area contributed by atoms with E-state index in [4.69, 9.17) is 0 Å². The highest BCUT2D eigenvalue weighted by Gasteiger charge is 2.48. The number of benzene rings is 1. The van der Waals surface area contributed by atoms with Crippen LogP contribution in [0.5, 0.6) is 0 Å². The van der Waals surface area contributed by atoms with Crippen LogP contribution in [0.3, 0.4) is 0 Å². The molecular formula is C12H14F2O3S. The molecule has 0 aliphatic heterocycles. The molecule has 0 radical (unpaired) electrons. The molecule has 1 aromatic carbocycles. The van der Waals surface area contributed by atoms with Gasteiger partial charge in [-0.1, -0.05) is 17.7 Å². The van der Waals surface area contributed by atoms with Crippen LogP contribution in [0.25, 0.3) is 0 Å². The van der Waals surface area contributed by atoms with Crippen molar-refractivity contribution in [2.24, 2.45) is 5.92 Å². The van der Waals surface area contributed by atoms with Crippen LogP contribution >= 0.6 is 0 Å². The lowest BCUT2D eigenvalue weighted by atomic mass is 9.81. The Hall–Kier alpha value is -1.01. The molecule has 0 aromatic heterocycles. The summed E-state index contributed by atoms with van der Waals surface area (Å²) in [5.74, 6) is -3.78. The van der Waals surface area contributed by atoms with Crippen LogP contribution < -0.4 is 0 Å². The summed E-state index contributed by atoms with van der Waals surface area (Å²) in [5, 5.41) is 0. The molecule has 0 heterocycles. The van der Waals surface area contributed by atoms with Crippen LogP contribution in [0.4, 0.5) is 8.78 Å². The highest BCUT2D eigenvalue weighted by atomic mass is 32.2. The van der Waals surface area contributed by atoms with E-state index in [2.05, 4.69) is 4.18 Å². The highest BCUT2D eigenvalue weighted by Crippen LogP contribution is 2.43. The summed E-state index contributed by atoms with van der Waals surface area (Å²) in [5.41, 5.74) is 0.916. The van der Waals surface area contributed by atoms with Crippen molar-refractivity contribution in [3.8, 4) is 0 Å². The third kappa shape index (κ3) is 2.70. The Morgan fingerprint density at radius 3 is 2.39 bits per heavy atom. The molecule has 0 bridgehead atoms. The first-order valence-electron chi connectivity index (χ1n) is 5.65. The number of alkyl halides is 2. The van der Waals surface area contributed by atoms with E-state index in [1.54, 1.807) is 12.1 Å². The molecule has 0 amide bonds. The molecule has 6 heteroatoms.